The van der Waals surface area contributed by atoms with Gasteiger partial charge in [0.05, 0.1) is 17.3 Å². The number of fused-ring (bicyclic) bond motifs is 1. The summed E-state index contributed by atoms with van der Waals surface area (Å²) < 4.78 is 29.3. The van der Waals surface area contributed by atoms with Gasteiger partial charge >= 0.3 is 0 Å². The van der Waals surface area contributed by atoms with Crippen molar-refractivity contribution in [2.45, 2.75) is 30.3 Å². The molecule has 1 aliphatic rings. The van der Waals surface area contributed by atoms with E-state index in [0.717, 1.165) is 6.42 Å². The standard InChI is InChI=1S/C13H18O4S/c1-2-8-17-10-13(14)7-9-18(15,16)12-6-4-3-5-11(12)13/h3-6,14H,2,7-10H2,1H3. The summed E-state index contributed by atoms with van der Waals surface area (Å²) in [7, 11) is -3.26. The molecular formula is C13H18O4S. The summed E-state index contributed by atoms with van der Waals surface area (Å²) in [5.74, 6) is -0.0317. The van der Waals surface area contributed by atoms with Gasteiger partial charge in [-0.2, -0.15) is 0 Å². The molecule has 1 aromatic carbocycles. The molecule has 1 aromatic rings. The van der Waals surface area contributed by atoms with Crippen molar-refractivity contribution in [3.8, 4) is 0 Å². The van der Waals surface area contributed by atoms with Crippen molar-refractivity contribution < 1.29 is 18.3 Å². The molecule has 4 nitrogen and oxygen atoms in total. The topological polar surface area (TPSA) is 63.6 Å². The highest BCUT2D eigenvalue weighted by molar-refractivity contribution is 7.91. The third kappa shape index (κ3) is 2.43. The molecule has 0 saturated carbocycles. The first-order valence-corrected chi connectivity index (χ1v) is 7.77. The van der Waals surface area contributed by atoms with E-state index in [4.69, 9.17) is 4.74 Å². The smallest absolute Gasteiger partial charge is 0.178 e. The van der Waals surface area contributed by atoms with Gasteiger partial charge in [0, 0.05) is 12.2 Å². The highest BCUT2D eigenvalue weighted by atomic mass is 32.2. The summed E-state index contributed by atoms with van der Waals surface area (Å²) in [4.78, 5) is 0.235. The average Bonchev–Trinajstić information content (AvgIpc) is 2.36. The molecular weight excluding hydrogens is 252 g/mol. The second kappa shape index (κ2) is 4.99. The molecule has 0 fully saturated rings. The zero-order valence-corrected chi connectivity index (χ0v) is 11.2. The normalized spacial score (nSPS) is 25.7. The maximum Gasteiger partial charge on any atom is 0.178 e. The minimum Gasteiger partial charge on any atom is -0.383 e. The van der Waals surface area contributed by atoms with Crippen LogP contribution in [-0.2, 0) is 20.2 Å². The van der Waals surface area contributed by atoms with E-state index in [-0.39, 0.29) is 23.7 Å². The monoisotopic (exact) mass is 270 g/mol. The third-order valence-corrected chi connectivity index (χ3v) is 4.96. The van der Waals surface area contributed by atoms with Crippen LogP contribution in [0.15, 0.2) is 29.2 Å². The maximum atomic E-state index is 11.9. The number of hydrogen-bond acceptors (Lipinski definition) is 4. The van der Waals surface area contributed by atoms with E-state index in [1.807, 2.05) is 6.92 Å². The van der Waals surface area contributed by atoms with Crippen LogP contribution in [-0.4, -0.2) is 32.5 Å². The molecule has 5 heteroatoms. The highest BCUT2D eigenvalue weighted by Gasteiger charge is 2.40. The SMILES string of the molecule is CCCOCC1(O)CCS(=O)(=O)c2ccccc21. The van der Waals surface area contributed by atoms with Crippen LogP contribution >= 0.6 is 0 Å². The summed E-state index contributed by atoms with van der Waals surface area (Å²) in [6.07, 6.45) is 1.06. The molecule has 1 unspecified atom stereocenters. The lowest BCUT2D eigenvalue weighted by molar-refractivity contribution is -0.0561. The zero-order chi connectivity index (χ0) is 13.2. The summed E-state index contributed by atoms with van der Waals surface area (Å²) in [5.41, 5.74) is -0.718. The van der Waals surface area contributed by atoms with Crippen molar-refractivity contribution in [3.05, 3.63) is 29.8 Å². The van der Waals surface area contributed by atoms with Crippen LogP contribution in [0.2, 0.25) is 0 Å². The molecule has 100 valence electrons. The second-order valence-electron chi connectivity index (χ2n) is 4.65. The van der Waals surface area contributed by atoms with Gasteiger partial charge < -0.3 is 9.84 Å². The summed E-state index contributed by atoms with van der Waals surface area (Å²) in [6.45, 7) is 2.70. The number of benzene rings is 1. The first kappa shape index (κ1) is 13.5. The van der Waals surface area contributed by atoms with E-state index in [1.165, 1.54) is 0 Å². The Hall–Kier alpha value is -0.910. The predicted octanol–water partition coefficient (Wildman–Crippen LogP) is 1.48. The van der Waals surface area contributed by atoms with Crippen molar-refractivity contribution in [2.75, 3.05) is 19.0 Å². The number of rotatable bonds is 4. The molecule has 1 heterocycles. The Bertz CT molecular complexity index is 524. The minimum absolute atomic E-state index is 0.0317. The number of aliphatic hydroxyl groups is 1. The molecule has 0 amide bonds. The molecule has 0 radical (unpaired) electrons. The van der Waals surface area contributed by atoms with E-state index in [0.29, 0.717) is 12.2 Å². The number of ether oxygens (including phenoxy) is 1. The number of hydrogen-bond donors (Lipinski definition) is 1. The lowest BCUT2D eigenvalue weighted by Crippen LogP contribution is -2.39. The van der Waals surface area contributed by atoms with Gasteiger partial charge in [-0.15, -0.1) is 0 Å². The molecule has 18 heavy (non-hydrogen) atoms. The Morgan fingerprint density at radius 2 is 2.11 bits per heavy atom. The molecule has 0 bridgehead atoms. The van der Waals surface area contributed by atoms with E-state index in [9.17, 15) is 13.5 Å². The van der Waals surface area contributed by atoms with Crippen LogP contribution in [0, 0.1) is 0 Å². The maximum absolute atomic E-state index is 11.9. The second-order valence-corrected chi connectivity index (χ2v) is 6.73. The molecule has 1 atom stereocenters. The molecule has 0 saturated heterocycles. The molecule has 1 N–H and O–H groups in total. The van der Waals surface area contributed by atoms with Crippen LogP contribution in [0.5, 0.6) is 0 Å². The van der Waals surface area contributed by atoms with E-state index < -0.39 is 15.4 Å². The summed E-state index contributed by atoms with van der Waals surface area (Å²) >= 11 is 0. The number of sulfone groups is 1. The van der Waals surface area contributed by atoms with Gasteiger partial charge in [0.1, 0.15) is 5.60 Å². The Kier molecular flexibility index (Phi) is 3.75. The van der Waals surface area contributed by atoms with Crippen LogP contribution in [0.1, 0.15) is 25.3 Å². The van der Waals surface area contributed by atoms with Crippen molar-refractivity contribution >= 4 is 9.84 Å². The summed E-state index contributed by atoms with van der Waals surface area (Å²) in [6, 6.07) is 6.63. The van der Waals surface area contributed by atoms with Gasteiger partial charge in [0.15, 0.2) is 9.84 Å². The van der Waals surface area contributed by atoms with E-state index in [2.05, 4.69) is 0 Å². The van der Waals surface area contributed by atoms with E-state index in [1.54, 1.807) is 24.3 Å². The average molecular weight is 270 g/mol. The van der Waals surface area contributed by atoms with Gasteiger partial charge in [0.25, 0.3) is 0 Å². The third-order valence-electron chi connectivity index (χ3n) is 3.20. The lowest BCUT2D eigenvalue weighted by Gasteiger charge is -2.33. The molecule has 2 rings (SSSR count). The van der Waals surface area contributed by atoms with Gasteiger partial charge in [0.2, 0.25) is 0 Å². The van der Waals surface area contributed by atoms with Gasteiger partial charge in [-0.05, 0) is 18.9 Å². The minimum atomic E-state index is -3.26. The van der Waals surface area contributed by atoms with Crippen molar-refractivity contribution in [1.82, 2.24) is 0 Å². The van der Waals surface area contributed by atoms with Crippen LogP contribution in [0.3, 0.4) is 0 Å². The molecule has 1 aliphatic heterocycles. The van der Waals surface area contributed by atoms with Gasteiger partial charge in [-0.3, -0.25) is 0 Å². The fourth-order valence-corrected chi connectivity index (χ4v) is 3.91. The van der Waals surface area contributed by atoms with Crippen LogP contribution in [0.4, 0.5) is 0 Å². The Morgan fingerprint density at radius 3 is 2.83 bits per heavy atom. The van der Waals surface area contributed by atoms with Crippen LogP contribution < -0.4 is 0 Å². The first-order valence-electron chi connectivity index (χ1n) is 6.12. The highest BCUT2D eigenvalue weighted by Crippen LogP contribution is 2.36. The summed E-state index contributed by atoms with van der Waals surface area (Å²) in [5, 5.41) is 10.6. The van der Waals surface area contributed by atoms with Crippen molar-refractivity contribution in [3.63, 3.8) is 0 Å². The fraction of sp³-hybridized carbons (Fsp3) is 0.538. The Labute approximate surface area is 108 Å². The largest absolute Gasteiger partial charge is 0.383 e. The molecule has 0 aromatic heterocycles. The lowest BCUT2D eigenvalue weighted by atomic mass is 9.91. The van der Waals surface area contributed by atoms with Crippen molar-refractivity contribution in [2.24, 2.45) is 0 Å². The Morgan fingerprint density at radius 1 is 1.39 bits per heavy atom. The van der Waals surface area contributed by atoms with Gasteiger partial charge in [-0.25, -0.2) is 8.42 Å². The van der Waals surface area contributed by atoms with Crippen LogP contribution in [0.25, 0.3) is 0 Å². The Balaban J connectivity index is 2.36. The molecule has 0 aliphatic carbocycles. The van der Waals surface area contributed by atoms with Gasteiger partial charge in [-0.1, -0.05) is 25.1 Å². The first-order chi connectivity index (χ1) is 8.49. The molecule has 0 spiro atoms. The van der Waals surface area contributed by atoms with Crippen molar-refractivity contribution in [1.29, 1.82) is 0 Å². The fourth-order valence-electron chi connectivity index (χ4n) is 2.21. The quantitative estimate of drug-likeness (QED) is 0.842. The predicted molar refractivity (Wildman–Crippen MR) is 68.1 cm³/mol. The zero-order valence-electron chi connectivity index (χ0n) is 10.4. The van der Waals surface area contributed by atoms with E-state index >= 15 is 0 Å².